The SMILES string of the molecule is CCN(Cc1nc(COC)no1)C(=O)[C@@H]1CC(=O)c2ccccc21. The first kappa shape index (κ1) is 16.3. The lowest BCUT2D eigenvalue weighted by Gasteiger charge is -2.22. The van der Waals surface area contributed by atoms with E-state index in [4.69, 9.17) is 9.26 Å². The number of ether oxygens (including phenoxy) is 1. The van der Waals surface area contributed by atoms with Crippen molar-refractivity contribution in [3.05, 3.63) is 47.1 Å². The topological polar surface area (TPSA) is 85.5 Å². The van der Waals surface area contributed by atoms with E-state index < -0.39 is 5.92 Å². The lowest BCUT2D eigenvalue weighted by Crippen LogP contribution is -2.34. The summed E-state index contributed by atoms with van der Waals surface area (Å²) in [4.78, 5) is 30.8. The van der Waals surface area contributed by atoms with Crippen molar-refractivity contribution in [3.8, 4) is 0 Å². The number of hydrogen-bond acceptors (Lipinski definition) is 6. The van der Waals surface area contributed by atoms with Crippen LogP contribution >= 0.6 is 0 Å². The zero-order valence-corrected chi connectivity index (χ0v) is 13.7. The van der Waals surface area contributed by atoms with Gasteiger partial charge in [0.1, 0.15) is 6.61 Å². The first-order valence-corrected chi connectivity index (χ1v) is 7.85. The molecule has 1 aliphatic rings. The van der Waals surface area contributed by atoms with Gasteiger partial charge in [0.05, 0.1) is 12.5 Å². The number of carbonyl (C=O) groups is 2. The average Bonchev–Trinajstić information content (AvgIpc) is 3.17. The molecule has 0 unspecified atom stereocenters. The van der Waals surface area contributed by atoms with Crippen LogP contribution in [-0.2, 0) is 22.7 Å². The Morgan fingerprint density at radius 3 is 2.96 bits per heavy atom. The van der Waals surface area contributed by atoms with E-state index in [2.05, 4.69) is 10.1 Å². The molecular weight excluding hydrogens is 310 g/mol. The van der Waals surface area contributed by atoms with Crippen LogP contribution in [0.2, 0.25) is 0 Å². The third-order valence-corrected chi connectivity index (χ3v) is 4.13. The molecule has 24 heavy (non-hydrogen) atoms. The molecule has 1 aromatic heterocycles. The average molecular weight is 329 g/mol. The second-order valence-corrected chi connectivity index (χ2v) is 5.66. The number of methoxy groups -OCH3 is 1. The molecule has 1 aromatic carbocycles. The number of amides is 1. The lowest BCUT2D eigenvalue weighted by atomic mass is 10.00. The van der Waals surface area contributed by atoms with Crippen molar-refractivity contribution in [1.29, 1.82) is 0 Å². The van der Waals surface area contributed by atoms with Gasteiger partial charge < -0.3 is 14.2 Å². The number of nitrogens with zero attached hydrogens (tertiary/aromatic N) is 3. The van der Waals surface area contributed by atoms with Crippen LogP contribution in [0.3, 0.4) is 0 Å². The van der Waals surface area contributed by atoms with Crippen molar-refractivity contribution in [3.63, 3.8) is 0 Å². The third kappa shape index (κ3) is 3.07. The second kappa shape index (κ2) is 6.92. The maximum absolute atomic E-state index is 12.9. The molecule has 1 amide bonds. The van der Waals surface area contributed by atoms with Crippen molar-refractivity contribution in [2.24, 2.45) is 0 Å². The molecule has 0 N–H and O–H groups in total. The van der Waals surface area contributed by atoms with E-state index in [9.17, 15) is 9.59 Å². The highest BCUT2D eigenvalue weighted by atomic mass is 16.5. The van der Waals surface area contributed by atoms with Crippen molar-refractivity contribution >= 4 is 11.7 Å². The summed E-state index contributed by atoms with van der Waals surface area (Å²) in [6.45, 7) is 2.85. The van der Waals surface area contributed by atoms with Crippen LogP contribution in [0.1, 0.15) is 46.9 Å². The van der Waals surface area contributed by atoms with E-state index in [0.29, 0.717) is 23.8 Å². The van der Waals surface area contributed by atoms with E-state index in [1.54, 1.807) is 18.1 Å². The Balaban J connectivity index is 1.76. The molecule has 0 radical (unpaired) electrons. The van der Waals surface area contributed by atoms with Crippen LogP contribution in [-0.4, -0.2) is 40.4 Å². The van der Waals surface area contributed by atoms with Gasteiger partial charge in [0.15, 0.2) is 11.6 Å². The molecule has 1 aliphatic carbocycles. The highest BCUT2D eigenvalue weighted by Crippen LogP contribution is 2.34. The maximum atomic E-state index is 12.9. The molecule has 126 valence electrons. The molecule has 0 bridgehead atoms. The Hall–Kier alpha value is -2.54. The van der Waals surface area contributed by atoms with Gasteiger partial charge in [0, 0.05) is 25.6 Å². The van der Waals surface area contributed by atoms with Crippen LogP contribution in [0.25, 0.3) is 0 Å². The summed E-state index contributed by atoms with van der Waals surface area (Å²) in [5.74, 6) is 0.282. The van der Waals surface area contributed by atoms with Crippen molar-refractivity contribution in [2.75, 3.05) is 13.7 Å². The maximum Gasteiger partial charge on any atom is 0.246 e. The summed E-state index contributed by atoms with van der Waals surface area (Å²) in [5, 5.41) is 3.79. The number of hydrogen-bond donors (Lipinski definition) is 0. The molecule has 0 fully saturated rings. The molecular formula is C17H19N3O4. The zero-order chi connectivity index (χ0) is 17.1. The molecule has 3 rings (SSSR count). The number of ketones is 1. The van der Waals surface area contributed by atoms with Gasteiger partial charge in [-0.15, -0.1) is 0 Å². The number of fused-ring (bicyclic) bond motifs is 1. The Morgan fingerprint density at radius 1 is 1.42 bits per heavy atom. The zero-order valence-electron chi connectivity index (χ0n) is 13.7. The fourth-order valence-corrected chi connectivity index (χ4v) is 2.95. The first-order valence-electron chi connectivity index (χ1n) is 7.85. The molecule has 0 saturated heterocycles. The minimum Gasteiger partial charge on any atom is -0.377 e. The van der Waals surface area contributed by atoms with Gasteiger partial charge >= 0.3 is 0 Å². The summed E-state index contributed by atoms with van der Waals surface area (Å²) in [6, 6.07) is 7.29. The minimum absolute atomic E-state index is 0.0141. The van der Waals surface area contributed by atoms with Gasteiger partial charge in [0.25, 0.3) is 0 Å². The van der Waals surface area contributed by atoms with Crippen molar-refractivity contribution in [1.82, 2.24) is 15.0 Å². The van der Waals surface area contributed by atoms with Crippen molar-refractivity contribution < 1.29 is 18.8 Å². The third-order valence-electron chi connectivity index (χ3n) is 4.13. The normalized spacial score (nSPS) is 16.2. The number of likely N-dealkylation sites (N-methyl/N-ethyl adjacent to an activating group) is 1. The number of Topliss-reactive ketones (excluding diaryl/α,β-unsaturated/α-hetero) is 1. The summed E-state index contributed by atoms with van der Waals surface area (Å²) < 4.78 is 10.1. The van der Waals surface area contributed by atoms with Crippen LogP contribution in [0.15, 0.2) is 28.8 Å². The molecule has 7 heteroatoms. The van der Waals surface area contributed by atoms with Gasteiger partial charge in [-0.3, -0.25) is 9.59 Å². The summed E-state index contributed by atoms with van der Waals surface area (Å²) in [7, 11) is 1.55. The fourth-order valence-electron chi connectivity index (χ4n) is 2.95. The summed E-state index contributed by atoms with van der Waals surface area (Å²) in [5.41, 5.74) is 1.45. The van der Waals surface area contributed by atoms with Gasteiger partial charge in [-0.25, -0.2) is 0 Å². The first-order chi connectivity index (χ1) is 11.6. The fraction of sp³-hybridized carbons (Fsp3) is 0.412. The van der Waals surface area contributed by atoms with Crippen LogP contribution in [0.5, 0.6) is 0 Å². The number of benzene rings is 1. The van der Waals surface area contributed by atoms with Gasteiger partial charge in [-0.1, -0.05) is 29.4 Å². The Labute approximate surface area is 139 Å². The molecule has 1 heterocycles. The number of aromatic nitrogens is 2. The number of rotatable bonds is 6. The summed E-state index contributed by atoms with van der Waals surface area (Å²) >= 11 is 0. The van der Waals surface area contributed by atoms with Crippen LogP contribution in [0.4, 0.5) is 0 Å². The number of carbonyl (C=O) groups excluding carboxylic acids is 2. The summed E-state index contributed by atoms with van der Waals surface area (Å²) in [6.07, 6.45) is 0.216. The molecule has 0 spiro atoms. The van der Waals surface area contributed by atoms with Crippen molar-refractivity contribution in [2.45, 2.75) is 32.4 Å². The van der Waals surface area contributed by atoms with Crippen LogP contribution < -0.4 is 0 Å². The van der Waals surface area contributed by atoms with E-state index in [0.717, 1.165) is 5.56 Å². The Morgan fingerprint density at radius 2 is 2.21 bits per heavy atom. The van der Waals surface area contributed by atoms with E-state index in [-0.39, 0.29) is 31.3 Å². The molecule has 1 atom stereocenters. The second-order valence-electron chi connectivity index (χ2n) is 5.66. The lowest BCUT2D eigenvalue weighted by molar-refractivity contribution is -0.133. The monoisotopic (exact) mass is 329 g/mol. The predicted molar refractivity (Wildman–Crippen MR) is 84.2 cm³/mol. The van der Waals surface area contributed by atoms with Gasteiger partial charge in [-0.2, -0.15) is 4.98 Å². The molecule has 0 aliphatic heterocycles. The van der Waals surface area contributed by atoms with Gasteiger partial charge in [-0.05, 0) is 12.5 Å². The Bertz CT molecular complexity index is 756. The standard InChI is InChI=1S/C17H19N3O4/c1-3-20(9-16-18-15(10-23-2)19-24-16)17(22)13-8-14(21)12-7-5-4-6-11(12)13/h4-7,13H,3,8-10H2,1-2H3/t13-/m1/s1. The highest BCUT2D eigenvalue weighted by molar-refractivity contribution is 6.06. The van der Waals surface area contributed by atoms with E-state index >= 15 is 0 Å². The van der Waals surface area contributed by atoms with E-state index in [1.807, 2.05) is 25.1 Å². The quantitative estimate of drug-likeness (QED) is 0.805. The highest BCUT2D eigenvalue weighted by Gasteiger charge is 2.36. The Kier molecular flexibility index (Phi) is 4.71. The molecule has 0 saturated carbocycles. The van der Waals surface area contributed by atoms with Gasteiger partial charge in [0.2, 0.25) is 11.8 Å². The smallest absolute Gasteiger partial charge is 0.246 e. The molecule has 2 aromatic rings. The minimum atomic E-state index is -0.435. The molecule has 7 nitrogen and oxygen atoms in total. The van der Waals surface area contributed by atoms with E-state index in [1.165, 1.54) is 0 Å². The predicted octanol–water partition coefficient (Wildman–Crippen LogP) is 1.93. The largest absolute Gasteiger partial charge is 0.377 e. The van der Waals surface area contributed by atoms with Crippen LogP contribution in [0, 0.1) is 0 Å².